The highest BCUT2D eigenvalue weighted by Gasteiger charge is 2.19. The van der Waals surface area contributed by atoms with Crippen LogP contribution < -0.4 is 15.5 Å². The second-order valence-electron chi connectivity index (χ2n) is 6.74. The number of carbonyl (C=O) groups excluding carboxylic acids is 1. The summed E-state index contributed by atoms with van der Waals surface area (Å²) in [6.45, 7) is 1.91. The number of halogens is 1. The Morgan fingerprint density at radius 3 is 2.64 bits per heavy atom. The van der Waals surface area contributed by atoms with Crippen molar-refractivity contribution in [2.24, 2.45) is 0 Å². The zero-order valence-corrected chi connectivity index (χ0v) is 16.8. The summed E-state index contributed by atoms with van der Waals surface area (Å²) in [4.78, 5) is 14.8. The van der Waals surface area contributed by atoms with Crippen LogP contribution in [0.25, 0.3) is 11.0 Å². The third-order valence-corrected chi connectivity index (χ3v) is 5.29. The van der Waals surface area contributed by atoms with Crippen LogP contribution in [0.4, 0.5) is 11.4 Å². The summed E-state index contributed by atoms with van der Waals surface area (Å²) in [7, 11) is 0. The topological polar surface area (TPSA) is 57.5 Å². The van der Waals surface area contributed by atoms with Gasteiger partial charge in [-0.3, -0.25) is 10.1 Å². The van der Waals surface area contributed by atoms with Gasteiger partial charge in [-0.15, -0.1) is 0 Å². The molecule has 1 aliphatic rings. The van der Waals surface area contributed by atoms with Crippen LogP contribution in [-0.4, -0.2) is 24.1 Å². The number of anilines is 2. The van der Waals surface area contributed by atoms with Gasteiger partial charge in [0.1, 0.15) is 5.58 Å². The highest BCUT2D eigenvalue weighted by molar-refractivity contribution is 7.80. The van der Waals surface area contributed by atoms with Crippen LogP contribution in [0, 0.1) is 0 Å². The Hall–Kier alpha value is -2.57. The summed E-state index contributed by atoms with van der Waals surface area (Å²) >= 11 is 11.8. The highest BCUT2D eigenvalue weighted by Crippen LogP contribution is 2.35. The number of furan rings is 1. The fourth-order valence-electron chi connectivity index (χ4n) is 3.47. The van der Waals surface area contributed by atoms with Crippen molar-refractivity contribution in [1.82, 2.24) is 5.32 Å². The van der Waals surface area contributed by atoms with E-state index in [1.54, 1.807) is 6.07 Å². The van der Waals surface area contributed by atoms with E-state index in [4.69, 9.17) is 28.2 Å². The number of hydrogen-bond acceptors (Lipinski definition) is 4. The first-order chi connectivity index (χ1) is 13.6. The first kappa shape index (κ1) is 18.8. The standard InChI is InChI=1S/C21H20ClN3O2S/c22-15-8-6-9-16(19(15)25-11-4-1-5-12-25)23-21(28)24-20(26)18-13-14-7-2-3-10-17(14)27-18/h2-3,6-10,13H,1,4-5,11-12H2,(H2,23,24,26,28). The van der Waals surface area contributed by atoms with Gasteiger partial charge in [-0.05, 0) is 55.7 Å². The Morgan fingerprint density at radius 2 is 1.86 bits per heavy atom. The first-order valence-corrected chi connectivity index (χ1v) is 10.0. The lowest BCUT2D eigenvalue weighted by atomic mass is 10.1. The molecular formula is C21H20ClN3O2S. The summed E-state index contributed by atoms with van der Waals surface area (Å²) in [5, 5.41) is 7.53. The smallest absolute Gasteiger partial charge is 0.293 e. The van der Waals surface area contributed by atoms with Crippen LogP contribution in [0.5, 0.6) is 0 Å². The first-order valence-electron chi connectivity index (χ1n) is 9.26. The summed E-state index contributed by atoms with van der Waals surface area (Å²) in [6.07, 6.45) is 3.51. The third kappa shape index (κ3) is 3.98. The van der Waals surface area contributed by atoms with Gasteiger partial charge in [-0.2, -0.15) is 0 Å². The molecule has 144 valence electrons. The normalized spacial score (nSPS) is 14.1. The molecule has 1 aromatic heterocycles. The molecule has 0 bridgehead atoms. The molecule has 2 N–H and O–H groups in total. The Bertz CT molecular complexity index is 994. The van der Waals surface area contributed by atoms with Gasteiger partial charge in [0.25, 0.3) is 5.91 Å². The van der Waals surface area contributed by atoms with Gasteiger partial charge in [-0.1, -0.05) is 35.9 Å². The second kappa shape index (κ2) is 8.20. The van der Waals surface area contributed by atoms with Crippen LogP contribution in [0.1, 0.15) is 29.8 Å². The number of amides is 1. The number of fused-ring (bicyclic) bond motifs is 1. The lowest BCUT2D eigenvalue weighted by Crippen LogP contribution is -2.35. The molecule has 2 aromatic carbocycles. The van der Waals surface area contributed by atoms with Crippen molar-refractivity contribution in [2.75, 3.05) is 23.3 Å². The van der Waals surface area contributed by atoms with Gasteiger partial charge >= 0.3 is 0 Å². The maximum absolute atomic E-state index is 12.5. The van der Waals surface area contributed by atoms with E-state index in [1.165, 1.54) is 6.42 Å². The molecule has 0 aliphatic carbocycles. The van der Waals surface area contributed by atoms with Gasteiger partial charge in [-0.25, -0.2) is 0 Å². The molecule has 0 radical (unpaired) electrons. The van der Waals surface area contributed by atoms with E-state index in [1.807, 2.05) is 42.5 Å². The van der Waals surface area contributed by atoms with E-state index in [2.05, 4.69) is 15.5 Å². The molecular weight excluding hydrogens is 394 g/mol. The van der Waals surface area contributed by atoms with Gasteiger partial charge in [0, 0.05) is 18.5 Å². The number of carbonyl (C=O) groups is 1. The fourth-order valence-corrected chi connectivity index (χ4v) is 3.96. The molecule has 1 amide bonds. The largest absolute Gasteiger partial charge is 0.451 e. The van der Waals surface area contributed by atoms with Crippen molar-refractivity contribution >= 4 is 57.2 Å². The van der Waals surface area contributed by atoms with Crippen molar-refractivity contribution in [1.29, 1.82) is 0 Å². The zero-order valence-electron chi connectivity index (χ0n) is 15.2. The lowest BCUT2D eigenvalue weighted by molar-refractivity contribution is 0.0953. The van der Waals surface area contributed by atoms with Crippen LogP contribution in [0.15, 0.2) is 52.9 Å². The summed E-state index contributed by atoms with van der Waals surface area (Å²) in [5.74, 6) is -0.178. The van der Waals surface area contributed by atoms with Crippen molar-refractivity contribution in [3.63, 3.8) is 0 Å². The number of nitrogens with one attached hydrogen (secondary N) is 2. The molecule has 7 heteroatoms. The number of piperidine rings is 1. The maximum Gasteiger partial charge on any atom is 0.293 e. The minimum absolute atomic E-state index is 0.200. The maximum atomic E-state index is 12.5. The number of thiocarbonyl (C=S) groups is 1. The summed E-state index contributed by atoms with van der Waals surface area (Å²) in [5.41, 5.74) is 2.36. The molecule has 0 unspecified atom stereocenters. The summed E-state index contributed by atoms with van der Waals surface area (Å²) < 4.78 is 5.59. The quantitative estimate of drug-likeness (QED) is 0.578. The van der Waals surface area contributed by atoms with Gasteiger partial charge in [0.2, 0.25) is 0 Å². The van der Waals surface area contributed by atoms with Crippen LogP contribution in [0.3, 0.4) is 0 Å². The van der Waals surface area contributed by atoms with Crippen LogP contribution in [0.2, 0.25) is 5.02 Å². The molecule has 1 aliphatic heterocycles. The van der Waals surface area contributed by atoms with Gasteiger partial charge in [0.05, 0.1) is 16.4 Å². The average molecular weight is 414 g/mol. The Kier molecular flexibility index (Phi) is 5.50. The molecule has 28 heavy (non-hydrogen) atoms. The predicted molar refractivity (Wildman–Crippen MR) is 117 cm³/mol. The monoisotopic (exact) mass is 413 g/mol. The minimum atomic E-state index is -0.393. The predicted octanol–water partition coefficient (Wildman–Crippen LogP) is 5.20. The van der Waals surface area contributed by atoms with Crippen molar-refractivity contribution in [3.8, 4) is 0 Å². The van der Waals surface area contributed by atoms with E-state index in [0.29, 0.717) is 10.6 Å². The van der Waals surface area contributed by atoms with E-state index in [9.17, 15) is 4.79 Å². The number of nitrogens with zero attached hydrogens (tertiary/aromatic N) is 1. The molecule has 1 saturated heterocycles. The summed E-state index contributed by atoms with van der Waals surface area (Å²) in [6, 6.07) is 14.8. The fraction of sp³-hybridized carbons (Fsp3) is 0.238. The Labute approximate surface area is 173 Å². The molecule has 1 fully saturated rings. The van der Waals surface area contributed by atoms with E-state index < -0.39 is 5.91 Å². The molecule has 2 heterocycles. The minimum Gasteiger partial charge on any atom is -0.451 e. The lowest BCUT2D eigenvalue weighted by Gasteiger charge is -2.31. The zero-order chi connectivity index (χ0) is 19.5. The van der Waals surface area contributed by atoms with Gasteiger partial charge in [0.15, 0.2) is 10.9 Å². The molecule has 4 rings (SSSR count). The Morgan fingerprint density at radius 1 is 1.07 bits per heavy atom. The number of rotatable bonds is 3. The van der Waals surface area contributed by atoms with Crippen LogP contribution >= 0.6 is 23.8 Å². The molecule has 0 atom stereocenters. The number of para-hydroxylation sites is 2. The third-order valence-electron chi connectivity index (χ3n) is 4.78. The molecule has 0 saturated carbocycles. The molecule has 3 aromatic rings. The number of hydrogen-bond donors (Lipinski definition) is 2. The van der Waals surface area contributed by atoms with E-state index >= 15 is 0 Å². The Balaban J connectivity index is 1.49. The molecule has 5 nitrogen and oxygen atoms in total. The second-order valence-corrected chi connectivity index (χ2v) is 7.56. The number of benzene rings is 2. The SMILES string of the molecule is O=C(NC(=S)Nc1cccc(Cl)c1N1CCCCC1)c1cc2ccccc2o1. The van der Waals surface area contributed by atoms with Crippen molar-refractivity contribution < 1.29 is 9.21 Å². The highest BCUT2D eigenvalue weighted by atomic mass is 35.5. The molecule has 0 spiro atoms. The average Bonchev–Trinajstić information content (AvgIpc) is 3.13. The van der Waals surface area contributed by atoms with Gasteiger partial charge < -0.3 is 14.6 Å². The van der Waals surface area contributed by atoms with Crippen molar-refractivity contribution in [3.05, 3.63) is 59.3 Å². The van der Waals surface area contributed by atoms with Crippen LogP contribution in [-0.2, 0) is 0 Å². The van der Waals surface area contributed by atoms with Crippen molar-refractivity contribution in [2.45, 2.75) is 19.3 Å². The van der Waals surface area contributed by atoms with E-state index in [-0.39, 0.29) is 10.9 Å². The van der Waals surface area contributed by atoms with E-state index in [0.717, 1.165) is 42.7 Å².